The molecule has 9 heteroatoms. The Bertz CT molecular complexity index is 980. The maximum atomic E-state index is 12.9. The zero-order valence-corrected chi connectivity index (χ0v) is 17.7. The molecule has 0 heterocycles. The van der Waals surface area contributed by atoms with Crippen LogP contribution in [0.25, 0.3) is 0 Å². The lowest BCUT2D eigenvalue weighted by molar-refractivity contribution is -0.117. The fourth-order valence-corrected chi connectivity index (χ4v) is 4.72. The summed E-state index contributed by atoms with van der Waals surface area (Å²) in [5.41, 5.74) is 3.26. The molecule has 0 saturated heterocycles. The Kier molecular flexibility index (Phi) is 6.97. The highest BCUT2D eigenvalue weighted by Crippen LogP contribution is 2.26. The van der Waals surface area contributed by atoms with Crippen molar-refractivity contribution < 1.29 is 26.7 Å². The molecule has 2 aromatic carbocycles. The smallest absolute Gasteiger partial charge is 0.387 e. The van der Waals surface area contributed by atoms with E-state index >= 15 is 0 Å². The van der Waals surface area contributed by atoms with Crippen molar-refractivity contribution in [3.05, 3.63) is 52.6 Å². The number of halogens is 2. The van der Waals surface area contributed by atoms with E-state index in [0.717, 1.165) is 11.1 Å². The van der Waals surface area contributed by atoms with Gasteiger partial charge in [-0.1, -0.05) is 6.07 Å². The summed E-state index contributed by atoms with van der Waals surface area (Å²) in [7, 11) is -3.94. The van der Waals surface area contributed by atoms with Crippen molar-refractivity contribution in [2.45, 2.75) is 52.2 Å². The van der Waals surface area contributed by atoms with E-state index in [-0.39, 0.29) is 10.6 Å². The second-order valence-corrected chi connectivity index (χ2v) is 8.48. The van der Waals surface area contributed by atoms with Crippen molar-refractivity contribution >= 4 is 21.6 Å². The Hall–Kier alpha value is -2.52. The van der Waals surface area contributed by atoms with Gasteiger partial charge in [0.25, 0.3) is 0 Å². The van der Waals surface area contributed by atoms with E-state index in [9.17, 15) is 22.0 Å². The summed E-state index contributed by atoms with van der Waals surface area (Å²) in [5, 5.41) is 2.54. The van der Waals surface area contributed by atoms with Crippen molar-refractivity contribution in [2.75, 3.05) is 5.32 Å². The van der Waals surface area contributed by atoms with Crippen LogP contribution < -0.4 is 14.8 Å². The Morgan fingerprint density at radius 3 is 2.00 bits per heavy atom. The van der Waals surface area contributed by atoms with Crippen LogP contribution in [0.2, 0.25) is 0 Å². The summed E-state index contributed by atoms with van der Waals surface area (Å²) in [6, 6.07) is 6.18. The van der Waals surface area contributed by atoms with Crippen molar-refractivity contribution in [1.82, 2.24) is 4.72 Å². The number of carbonyl (C=O) groups is 1. The molecule has 1 atom stereocenters. The molecule has 0 aromatic heterocycles. The number of hydrogen-bond donors (Lipinski definition) is 2. The third-order valence-electron chi connectivity index (χ3n) is 4.64. The zero-order valence-electron chi connectivity index (χ0n) is 16.8. The van der Waals surface area contributed by atoms with Gasteiger partial charge in [-0.3, -0.25) is 4.79 Å². The highest BCUT2D eigenvalue weighted by molar-refractivity contribution is 7.89. The molecular formula is C20H24F2N2O4S. The first-order chi connectivity index (χ1) is 13.4. The van der Waals surface area contributed by atoms with E-state index in [0.29, 0.717) is 16.8 Å². The van der Waals surface area contributed by atoms with Gasteiger partial charge in [0.1, 0.15) is 5.75 Å². The summed E-state index contributed by atoms with van der Waals surface area (Å²) < 4.78 is 56.8. The fraction of sp³-hybridized carbons (Fsp3) is 0.350. The number of amides is 1. The Morgan fingerprint density at radius 1 is 1.00 bits per heavy atom. The van der Waals surface area contributed by atoms with E-state index in [1.807, 2.05) is 19.9 Å². The van der Waals surface area contributed by atoms with E-state index in [1.165, 1.54) is 31.2 Å². The number of alkyl halides is 2. The SMILES string of the molecule is Cc1cc(C)c(C)c(S(=O)(=O)N[C@@H](C)C(=O)Nc2ccc(OC(F)F)cc2)c1C. The van der Waals surface area contributed by atoms with Crippen LogP contribution in [0.4, 0.5) is 14.5 Å². The number of anilines is 1. The standard InChI is InChI=1S/C20H24F2N2O4S/c1-11-10-12(2)14(4)18(13(11)3)29(26,27)24-15(5)19(25)23-16-6-8-17(9-7-16)28-20(21)22/h6-10,15,20,24H,1-5H3,(H,23,25)/t15-/m0/s1. The predicted molar refractivity (Wildman–Crippen MR) is 107 cm³/mol. The summed E-state index contributed by atoms with van der Waals surface area (Å²) >= 11 is 0. The van der Waals surface area contributed by atoms with Crippen molar-refractivity contribution in [3.63, 3.8) is 0 Å². The van der Waals surface area contributed by atoms with Gasteiger partial charge < -0.3 is 10.1 Å². The zero-order chi connectivity index (χ0) is 21.9. The Balaban J connectivity index is 2.15. The third kappa shape index (κ3) is 5.51. The second-order valence-electron chi connectivity index (χ2n) is 6.82. The molecule has 2 rings (SSSR count). The van der Waals surface area contributed by atoms with Crippen molar-refractivity contribution in [2.24, 2.45) is 0 Å². The molecule has 0 aliphatic heterocycles. The number of rotatable bonds is 7. The molecule has 2 N–H and O–H groups in total. The molecule has 158 valence electrons. The van der Waals surface area contributed by atoms with E-state index < -0.39 is 28.6 Å². The average molecular weight is 426 g/mol. The van der Waals surface area contributed by atoms with Crippen LogP contribution in [0.5, 0.6) is 5.75 Å². The van der Waals surface area contributed by atoms with Gasteiger partial charge >= 0.3 is 6.61 Å². The summed E-state index contributed by atoms with van der Waals surface area (Å²) in [6.07, 6.45) is 0. The maximum absolute atomic E-state index is 12.9. The highest BCUT2D eigenvalue weighted by Gasteiger charge is 2.26. The molecular weight excluding hydrogens is 402 g/mol. The molecule has 0 bridgehead atoms. The molecule has 0 spiro atoms. The van der Waals surface area contributed by atoms with Gasteiger partial charge in [-0.2, -0.15) is 13.5 Å². The van der Waals surface area contributed by atoms with Crippen LogP contribution in [0.15, 0.2) is 35.2 Å². The summed E-state index contributed by atoms with van der Waals surface area (Å²) in [4.78, 5) is 12.6. The van der Waals surface area contributed by atoms with Gasteiger partial charge in [-0.05, 0) is 81.1 Å². The average Bonchev–Trinajstić information content (AvgIpc) is 2.60. The molecule has 2 aromatic rings. The first-order valence-corrected chi connectivity index (χ1v) is 10.4. The minimum atomic E-state index is -3.94. The molecule has 29 heavy (non-hydrogen) atoms. The Morgan fingerprint density at radius 2 is 1.52 bits per heavy atom. The number of carbonyl (C=O) groups excluding carboxylic acids is 1. The van der Waals surface area contributed by atoms with Gasteiger partial charge in [0.05, 0.1) is 10.9 Å². The predicted octanol–water partition coefficient (Wildman–Crippen LogP) is 3.83. The van der Waals surface area contributed by atoms with Crippen LogP contribution in [-0.2, 0) is 14.8 Å². The third-order valence-corrected chi connectivity index (χ3v) is 6.45. The van der Waals surface area contributed by atoms with E-state index in [4.69, 9.17) is 0 Å². The van der Waals surface area contributed by atoms with E-state index in [1.54, 1.807) is 13.8 Å². The lowest BCUT2D eigenvalue weighted by Gasteiger charge is -2.19. The van der Waals surface area contributed by atoms with Crippen LogP contribution in [0, 0.1) is 27.7 Å². The summed E-state index contributed by atoms with van der Waals surface area (Å²) in [6.45, 7) is 5.60. The first kappa shape index (κ1) is 22.8. The van der Waals surface area contributed by atoms with Gasteiger partial charge in [0, 0.05) is 5.69 Å². The number of aryl methyl sites for hydroxylation is 2. The minimum absolute atomic E-state index is 0.0486. The number of nitrogens with one attached hydrogen (secondary N) is 2. The summed E-state index contributed by atoms with van der Waals surface area (Å²) in [5.74, 6) is -0.636. The van der Waals surface area contributed by atoms with Gasteiger partial charge in [-0.15, -0.1) is 0 Å². The molecule has 0 fully saturated rings. The quantitative estimate of drug-likeness (QED) is 0.705. The number of hydrogen-bond acceptors (Lipinski definition) is 4. The van der Waals surface area contributed by atoms with Gasteiger partial charge in [0.15, 0.2) is 0 Å². The molecule has 1 amide bonds. The molecule has 0 aliphatic rings. The fourth-order valence-electron chi connectivity index (χ4n) is 2.90. The van der Waals surface area contributed by atoms with Gasteiger partial charge in [-0.25, -0.2) is 8.42 Å². The molecule has 0 saturated carbocycles. The van der Waals surface area contributed by atoms with Crippen molar-refractivity contribution in [3.8, 4) is 5.75 Å². The maximum Gasteiger partial charge on any atom is 0.387 e. The van der Waals surface area contributed by atoms with Crippen molar-refractivity contribution in [1.29, 1.82) is 0 Å². The normalized spacial score (nSPS) is 12.7. The topological polar surface area (TPSA) is 84.5 Å². The number of benzene rings is 2. The Labute approximate surface area is 169 Å². The lowest BCUT2D eigenvalue weighted by Crippen LogP contribution is -2.42. The number of sulfonamides is 1. The van der Waals surface area contributed by atoms with E-state index in [2.05, 4.69) is 14.8 Å². The molecule has 0 aliphatic carbocycles. The minimum Gasteiger partial charge on any atom is -0.435 e. The van der Waals surface area contributed by atoms with Crippen LogP contribution in [0.1, 0.15) is 29.2 Å². The van der Waals surface area contributed by atoms with Crippen LogP contribution >= 0.6 is 0 Å². The number of ether oxygens (including phenoxy) is 1. The van der Waals surface area contributed by atoms with Crippen LogP contribution in [-0.4, -0.2) is 27.0 Å². The molecule has 0 radical (unpaired) electrons. The second kappa shape index (κ2) is 8.87. The molecule has 6 nitrogen and oxygen atoms in total. The van der Waals surface area contributed by atoms with Crippen LogP contribution in [0.3, 0.4) is 0 Å². The molecule has 0 unspecified atom stereocenters. The first-order valence-electron chi connectivity index (χ1n) is 8.88. The lowest BCUT2D eigenvalue weighted by atomic mass is 10.0. The highest BCUT2D eigenvalue weighted by atomic mass is 32.2. The van der Waals surface area contributed by atoms with Gasteiger partial charge in [0.2, 0.25) is 15.9 Å². The largest absolute Gasteiger partial charge is 0.435 e. The monoisotopic (exact) mass is 426 g/mol.